The third-order valence-electron chi connectivity index (χ3n) is 5.04. The van der Waals surface area contributed by atoms with E-state index in [-0.39, 0.29) is 6.29 Å². The summed E-state index contributed by atoms with van der Waals surface area (Å²) in [7, 11) is 0. The van der Waals surface area contributed by atoms with E-state index in [0.717, 1.165) is 24.4 Å². The average molecular weight is 224 g/mol. The fraction of sp³-hybridized carbons (Fsp3) is 1.00. The summed E-state index contributed by atoms with van der Waals surface area (Å²) in [6.45, 7) is 5.39. The summed E-state index contributed by atoms with van der Waals surface area (Å²) in [5, 5.41) is 0. The van der Waals surface area contributed by atoms with Crippen molar-refractivity contribution < 1.29 is 9.47 Å². The average Bonchev–Trinajstić information content (AvgIpc) is 2.28. The number of fused-ring (bicyclic) bond motifs is 3. The second-order valence-corrected chi connectivity index (χ2v) is 6.16. The van der Waals surface area contributed by atoms with Gasteiger partial charge in [0.15, 0.2) is 6.29 Å². The molecule has 0 spiro atoms. The van der Waals surface area contributed by atoms with E-state index in [1.807, 2.05) is 6.92 Å². The van der Waals surface area contributed by atoms with Gasteiger partial charge in [-0.15, -0.1) is 0 Å². The lowest BCUT2D eigenvalue weighted by molar-refractivity contribution is -0.252. The van der Waals surface area contributed by atoms with Crippen molar-refractivity contribution in [2.45, 2.75) is 58.3 Å². The molecule has 0 amide bonds. The molecule has 92 valence electrons. The predicted octanol–water partition coefficient (Wildman–Crippen LogP) is 3.21. The zero-order valence-electron chi connectivity index (χ0n) is 10.5. The normalized spacial score (nSPS) is 52.9. The number of rotatable bonds is 0. The van der Waals surface area contributed by atoms with Gasteiger partial charge < -0.3 is 9.47 Å². The highest BCUT2D eigenvalue weighted by molar-refractivity contribution is 4.92. The highest BCUT2D eigenvalue weighted by Crippen LogP contribution is 2.47. The van der Waals surface area contributed by atoms with Gasteiger partial charge >= 0.3 is 0 Å². The monoisotopic (exact) mass is 224 g/mol. The second kappa shape index (κ2) is 4.30. The molecule has 1 heterocycles. The molecule has 1 saturated heterocycles. The van der Waals surface area contributed by atoms with Gasteiger partial charge in [-0.2, -0.15) is 0 Å². The van der Waals surface area contributed by atoms with Crippen molar-refractivity contribution in [1.29, 1.82) is 0 Å². The van der Waals surface area contributed by atoms with E-state index < -0.39 is 0 Å². The minimum atomic E-state index is 0.0281. The van der Waals surface area contributed by atoms with Crippen LogP contribution in [0.1, 0.15) is 46.0 Å². The van der Waals surface area contributed by atoms with Crippen molar-refractivity contribution in [3.05, 3.63) is 0 Å². The van der Waals surface area contributed by atoms with E-state index in [2.05, 4.69) is 6.92 Å². The van der Waals surface area contributed by atoms with Crippen LogP contribution < -0.4 is 0 Å². The highest BCUT2D eigenvalue weighted by atomic mass is 16.7. The van der Waals surface area contributed by atoms with Gasteiger partial charge in [-0.1, -0.05) is 13.3 Å². The van der Waals surface area contributed by atoms with E-state index in [1.54, 1.807) is 0 Å². The molecule has 3 aliphatic rings. The van der Waals surface area contributed by atoms with Crippen LogP contribution >= 0.6 is 0 Å². The van der Waals surface area contributed by atoms with Gasteiger partial charge in [0.2, 0.25) is 0 Å². The summed E-state index contributed by atoms with van der Waals surface area (Å²) in [5.41, 5.74) is 0. The Balaban J connectivity index is 1.71. The van der Waals surface area contributed by atoms with Gasteiger partial charge in [-0.25, -0.2) is 0 Å². The molecule has 6 atom stereocenters. The Bertz CT molecular complexity index is 227. The minimum Gasteiger partial charge on any atom is -0.353 e. The minimum absolute atomic E-state index is 0.0281. The zero-order valence-corrected chi connectivity index (χ0v) is 10.5. The maximum atomic E-state index is 5.94. The summed E-state index contributed by atoms with van der Waals surface area (Å²) in [6.07, 6.45) is 7.46. The molecule has 1 aliphatic heterocycles. The molecule has 0 bridgehead atoms. The van der Waals surface area contributed by atoms with Crippen LogP contribution in [0.25, 0.3) is 0 Å². The summed E-state index contributed by atoms with van der Waals surface area (Å²) < 4.78 is 11.6. The number of ether oxygens (including phenoxy) is 2. The smallest absolute Gasteiger partial charge is 0.155 e. The van der Waals surface area contributed by atoms with E-state index in [4.69, 9.17) is 9.47 Å². The van der Waals surface area contributed by atoms with Gasteiger partial charge in [0.25, 0.3) is 0 Å². The largest absolute Gasteiger partial charge is 0.353 e. The SMILES string of the molecule is CC1CCC2C(CCC3OC(C)OCC32)C1. The first-order valence-corrected chi connectivity index (χ1v) is 7.01. The van der Waals surface area contributed by atoms with Crippen LogP contribution in [0.2, 0.25) is 0 Å². The third kappa shape index (κ3) is 1.91. The van der Waals surface area contributed by atoms with Crippen LogP contribution in [0.3, 0.4) is 0 Å². The van der Waals surface area contributed by atoms with Crippen LogP contribution in [-0.2, 0) is 9.47 Å². The molecular formula is C14H24O2. The molecule has 0 radical (unpaired) electrons. The van der Waals surface area contributed by atoms with Gasteiger partial charge in [0.05, 0.1) is 12.7 Å². The third-order valence-corrected chi connectivity index (χ3v) is 5.04. The summed E-state index contributed by atoms with van der Waals surface area (Å²) in [6, 6.07) is 0. The Hall–Kier alpha value is -0.0800. The Kier molecular flexibility index (Phi) is 2.97. The quantitative estimate of drug-likeness (QED) is 0.629. The number of hydrogen-bond acceptors (Lipinski definition) is 2. The molecule has 2 aliphatic carbocycles. The van der Waals surface area contributed by atoms with Crippen molar-refractivity contribution >= 4 is 0 Å². The number of hydrogen-bond donors (Lipinski definition) is 0. The second-order valence-electron chi connectivity index (χ2n) is 6.16. The van der Waals surface area contributed by atoms with Crippen LogP contribution in [0.15, 0.2) is 0 Å². The van der Waals surface area contributed by atoms with Crippen molar-refractivity contribution in [3.8, 4) is 0 Å². The van der Waals surface area contributed by atoms with Gasteiger partial charge in [0.1, 0.15) is 0 Å². The summed E-state index contributed by atoms with van der Waals surface area (Å²) in [5.74, 6) is 3.50. The first-order chi connectivity index (χ1) is 7.74. The Morgan fingerprint density at radius 1 is 0.938 bits per heavy atom. The van der Waals surface area contributed by atoms with Crippen LogP contribution in [-0.4, -0.2) is 19.0 Å². The van der Waals surface area contributed by atoms with E-state index >= 15 is 0 Å². The molecule has 0 N–H and O–H groups in total. The fourth-order valence-electron chi connectivity index (χ4n) is 4.22. The van der Waals surface area contributed by atoms with Crippen LogP contribution in [0.5, 0.6) is 0 Å². The van der Waals surface area contributed by atoms with Crippen molar-refractivity contribution in [1.82, 2.24) is 0 Å². The maximum Gasteiger partial charge on any atom is 0.155 e. The lowest BCUT2D eigenvalue weighted by atomic mass is 9.62. The molecule has 3 fully saturated rings. The Labute approximate surface area is 98.7 Å². The van der Waals surface area contributed by atoms with Crippen LogP contribution in [0, 0.1) is 23.7 Å². The molecule has 0 aromatic carbocycles. The first-order valence-electron chi connectivity index (χ1n) is 7.01. The van der Waals surface area contributed by atoms with E-state index in [1.165, 1.54) is 32.1 Å². The molecule has 16 heavy (non-hydrogen) atoms. The molecular weight excluding hydrogens is 200 g/mol. The highest BCUT2D eigenvalue weighted by Gasteiger charge is 2.44. The Morgan fingerprint density at radius 3 is 2.69 bits per heavy atom. The predicted molar refractivity (Wildman–Crippen MR) is 63.0 cm³/mol. The molecule has 6 unspecified atom stereocenters. The molecule has 3 rings (SSSR count). The molecule has 2 heteroatoms. The lowest BCUT2D eigenvalue weighted by Gasteiger charge is -2.49. The van der Waals surface area contributed by atoms with E-state index in [9.17, 15) is 0 Å². The van der Waals surface area contributed by atoms with Crippen molar-refractivity contribution in [2.24, 2.45) is 23.7 Å². The van der Waals surface area contributed by atoms with Gasteiger partial charge in [-0.05, 0) is 50.4 Å². The van der Waals surface area contributed by atoms with E-state index in [0.29, 0.717) is 12.0 Å². The fourth-order valence-corrected chi connectivity index (χ4v) is 4.22. The summed E-state index contributed by atoms with van der Waals surface area (Å²) in [4.78, 5) is 0. The standard InChI is InChI=1S/C14H24O2/c1-9-3-5-12-11(7-9)4-6-14-13(12)8-15-10(2)16-14/h9-14H,3-8H2,1-2H3. The van der Waals surface area contributed by atoms with Crippen LogP contribution in [0.4, 0.5) is 0 Å². The van der Waals surface area contributed by atoms with Crippen molar-refractivity contribution in [3.63, 3.8) is 0 Å². The molecule has 0 aromatic heterocycles. The summed E-state index contributed by atoms with van der Waals surface area (Å²) >= 11 is 0. The Morgan fingerprint density at radius 2 is 1.81 bits per heavy atom. The zero-order chi connectivity index (χ0) is 11.1. The maximum absolute atomic E-state index is 5.94. The van der Waals surface area contributed by atoms with Gasteiger partial charge in [-0.3, -0.25) is 0 Å². The first kappa shape index (κ1) is 11.0. The topological polar surface area (TPSA) is 18.5 Å². The molecule has 2 nitrogen and oxygen atoms in total. The molecule has 2 saturated carbocycles. The van der Waals surface area contributed by atoms with Crippen molar-refractivity contribution in [2.75, 3.05) is 6.61 Å². The lowest BCUT2D eigenvalue weighted by Crippen LogP contribution is -2.49. The molecule has 0 aromatic rings. The van der Waals surface area contributed by atoms with Gasteiger partial charge in [0, 0.05) is 5.92 Å².